The summed E-state index contributed by atoms with van der Waals surface area (Å²) in [6.45, 7) is 2.67. The van der Waals surface area contributed by atoms with E-state index < -0.39 is 0 Å². The third-order valence-electron chi connectivity index (χ3n) is 6.92. The molecule has 30 heavy (non-hydrogen) atoms. The van der Waals surface area contributed by atoms with Crippen LogP contribution in [0.3, 0.4) is 0 Å². The van der Waals surface area contributed by atoms with Gasteiger partial charge in [0.1, 0.15) is 5.52 Å². The van der Waals surface area contributed by atoms with Crippen LogP contribution >= 0.6 is 0 Å². The second-order valence-electron chi connectivity index (χ2n) is 8.90. The second kappa shape index (κ2) is 7.81. The van der Waals surface area contributed by atoms with Crippen molar-refractivity contribution < 1.29 is 9.59 Å². The maximum atomic E-state index is 12.9. The zero-order valence-corrected chi connectivity index (χ0v) is 17.1. The molecule has 8 heteroatoms. The lowest BCUT2D eigenvalue weighted by atomic mass is 9.76. The number of fused-ring (bicyclic) bond motifs is 5. The molecule has 0 spiro atoms. The fourth-order valence-electron chi connectivity index (χ4n) is 5.52. The Balaban J connectivity index is 1.19. The van der Waals surface area contributed by atoms with Gasteiger partial charge in [-0.25, -0.2) is 4.68 Å². The zero-order chi connectivity index (χ0) is 20.7. The predicted octanol–water partition coefficient (Wildman–Crippen LogP) is 1.43. The van der Waals surface area contributed by atoms with Gasteiger partial charge >= 0.3 is 0 Å². The first kappa shape index (κ1) is 19.2. The van der Waals surface area contributed by atoms with Crippen LogP contribution in [-0.2, 0) is 16.1 Å². The van der Waals surface area contributed by atoms with E-state index in [0.29, 0.717) is 60.5 Å². The number of aromatic nitrogens is 3. The maximum Gasteiger partial charge on any atom is 0.277 e. The lowest BCUT2D eigenvalue weighted by Crippen LogP contribution is -2.61. The Labute approximate surface area is 174 Å². The Kier molecular flexibility index (Phi) is 5.00. The van der Waals surface area contributed by atoms with Crippen LogP contribution in [0.15, 0.2) is 29.1 Å². The van der Waals surface area contributed by atoms with Crippen molar-refractivity contribution in [3.8, 4) is 0 Å². The number of hydrogen-bond acceptors (Lipinski definition) is 5. The summed E-state index contributed by atoms with van der Waals surface area (Å²) in [7, 11) is 0. The molecular formula is C22H27N5O3. The molecule has 3 saturated heterocycles. The largest absolute Gasteiger partial charge is 0.342 e. The van der Waals surface area contributed by atoms with Gasteiger partial charge in [-0.05, 0) is 49.7 Å². The van der Waals surface area contributed by atoms with Crippen LogP contribution in [0, 0.1) is 11.8 Å². The highest BCUT2D eigenvalue weighted by Gasteiger charge is 2.44. The van der Waals surface area contributed by atoms with Crippen molar-refractivity contribution in [1.82, 2.24) is 24.8 Å². The van der Waals surface area contributed by atoms with Crippen LogP contribution in [0.25, 0.3) is 10.9 Å². The van der Waals surface area contributed by atoms with Crippen molar-refractivity contribution in [3.05, 3.63) is 34.6 Å². The number of nitrogens with zero attached hydrogens (tertiary/aromatic N) is 5. The molecule has 3 fully saturated rings. The van der Waals surface area contributed by atoms with Gasteiger partial charge in [0.05, 0.1) is 5.39 Å². The summed E-state index contributed by atoms with van der Waals surface area (Å²) in [5, 5.41) is 8.65. The zero-order valence-electron chi connectivity index (χ0n) is 17.1. The quantitative estimate of drug-likeness (QED) is 0.762. The molecule has 4 heterocycles. The second-order valence-corrected chi connectivity index (χ2v) is 8.90. The van der Waals surface area contributed by atoms with Gasteiger partial charge in [0, 0.05) is 45.1 Å². The number of hydrogen-bond donors (Lipinski definition) is 0. The van der Waals surface area contributed by atoms with E-state index in [0.717, 1.165) is 38.9 Å². The van der Waals surface area contributed by atoms with Gasteiger partial charge < -0.3 is 9.80 Å². The maximum absolute atomic E-state index is 12.9. The van der Waals surface area contributed by atoms with Crippen LogP contribution in [0.5, 0.6) is 0 Å². The van der Waals surface area contributed by atoms with Gasteiger partial charge in [0.15, 0.2) is 0 Å². The third-order valence-corrected chi connectivity index (χ3v) is 6.92. The number of likely N-dealkylation sites (tertiary alicyclic amines) is 1. The van der Waals surface area contributed by atoms with E-state index >= 15 is 0 Å². The van der Waals surface area contributed by atoms with E-state index in [-0.39, 0.29) is 11.5 Å². The van der Waals surface area contributed by atoms with Gasteiger partial charge in [-0.2, -0.15) is 0 Å². The molecule has 3 aliphatic heterocycles. The lowest BCUT2D eigenvalue weighted by Gasteiger charge is -2.52. The van der Waals surface area contributed by atoms with Crippen molar-refractivity contribution in [2.24, 2.45) is 11.8 Å². The van der Waals surface area contributed by atoms with Crippen LogP contribution in [-0.4, -0.2) is 62.3 Å². The minimum absolute atomic E-state index is 0.141. The van der Waals surface area contributed by atoms with Crippen molar-refractivity contribution in [3.63, 3.8) is 0 Å². The van der Waals surface area contributed by atoms with Crippen molar-refractivity contribution in [2.75, 3.05) is 19.6 Å². The average Bonchev–Trinajstić information content (AvgIpc) is 2.76. The summed E-state index contributed by atoms with van der Waals surface area (Å²) >= 11 is 0. The van der Waals surface area contributed by atoms with E-state index in [1.807, 2.05) is 17.0 Å². The molecule has 0 saturated carbocycles. The minimum Gasteiger partial charge on any atom is -0.342 e. The molecule has 8 nitrogen and oxygen atoms in total. The van der Waals surface area contributed by atoms with Crippen molar-refractivity contribution >= 4 is 22.7 Å². The molecule has 3 atom stereocenters. The molecule has 1 aromatic carbocycles. The van der Waals surface area contributed by atoms with Crippen molar-refractivity contribution in [2.45, 2.75) is 51.1 Å². The number of benzene rings is 1. The Bertz CT molecular complexity index is 1030. The van der Waals surface area contributed by atoms with E-state index in [9.17, 15) is 14.4 Å². The number of rotatable bonds is 4. The number of carbonyl (C=O) groups excluding carboxylic acids is 2. The first-order chi connectivity index (χ1) is 14.6. The highest BCUT2D eigenvalue weighted by molar-refractivity contribution is 5.78. The predicted molar refractivity (Wildman–Crippen MR) is 111 cm³/mol. The van der Waals surface area contributed by atoms with Crippen LogP contribution in [0.4, 0.5) is 0 Å². The molecule has 2 aromatic rings. The molecular weight excluding hydrogens is 382 g/mol. The van der Waals surface area contributed by atoms with E-state index in [1.165, 1.54) is 4.68 Å². The topological polar surface area (TPSA) is 88.4 Å². The summed E-state index contributed by atoms with van der Waals surface area (Å²) in [6, 6.07) is 7.47. The molecule has 158 valence electrons. The highest BCUT2D eigenvalue weighted by atomic mass is 16.2. The molecule has 1 aromatic heterocycles. The minimum atomic E-state index is -0.164. The van der Waals surface area contributed by atoms with E-state index in [4.69, 9.17) is 0 Å². The smallest absolute Gasteiger partial charge is 0.277 e. The number of piperidine rings is 3. The normalized spacial score (nSPS) is 26.0. The molecule has 0 aliphatic carbocycles. The Hall–Kier alpha value is -2.77. The monoisotopic (exact) mass is 409 g/mol. The number of aryl methyl sites for hydroxylation is 1. The van der Waals surface area contributed by atoms with E-state index in [1.54, 1.807) is 12.1 Å². The van der Waals surface area contributed by atoms with Crippen molar-refractivity contribution in [1.29, 1.82) is 0 Å². The standard InChI is InChI=1S/C22H27N5O3/c28-20(9-4-10-27-22(30)17-5-1-2-6-18(17)23-24-27)25-12-15-11-16(14-25)19-7-3-8-21(29)26(19)13-15/h1-2,5-6,15-16,19H,3-4,7-14H2. The van der Waals surface area contributed by atoms with Gasteiger partial charge in [0.25, 0.3) is 5.56 Å². The summed E-state index contributed by atoms with van der Waals surface area (Å²) in [5.41, 5.74) is 0.424. The van der Waals surface area contributed by atoms with E-state index in [2.05, 4.69) is 15.2 Å². The summed E-state index contributed by atoms with van der Waals surface area (Å²) in [5.74, 6) is 1.23. The molecule has 3 unspecified atom stereocenters. The Morgan fingerprint density at radius 2 is 2.00 bits per heavy atom. The molecule has 5 rings (SSSR count). The Morgan fingerprint density at radius 3 is 2.90 bits per heavy atom. The molecule has 2 bridgehead atoms. The van der Waals surface area contributed by atoms with Crippen LogP contribution in [0.1, 0.15) is 38.5 Å². The number of amides is 2. The Morgan fingerprint density at radius 1 is 1.13 bits per heavy atom. The first-order valence-electron chi connectivity index (χ1n) is 11.0. The lowest BCUT2D eigenvalue weighted by molar-refractivity contribution is -0.148. The fraction of sp³-hybridized carbons (Fsp3) is 0.591. The first-order valence-corrected chi connectivity index (χ1v) is 11.0. The van der Waals surface area contributed by atoms with Gasteiger partial charge in [-0.3, -0.25) is 14.4 Å². The molecule has 0 N–H and O–H groups in total. The third kappa shape index (κ3) is 3.48. The highest BCUT2D eigenvalue weighted by Crippen LogP contribution is 2.38. The SMILES string of the molecule is O=C(CCCn1nnc2ccccc2c1=O)N1CC2CC(C1)C1CCCC(=O)N1C2. The van der Waals surface area contributed by atoms with Gasteiger partial charge in [-0.1, -0.05) is 17.3 Å². The average molecular weight is 409 g/mol. The van der Waals surface area contributed by atoms with Gasteiger partial charge in [0.2, 0.25) is 11.8 Å². The number of carbonyl (C=O) groups is 2. The summed E-state index contributed by atoms with van der Waals surface area (Å²) in [4.78, 5) is 41.7. The molecule has 3 aliphatic rings. The molecule has 2 amide bonds. The molecule has 0 radical (unpaired) electrons. The summed E-state index contributed by atoms with van der Waals surface area (Å²) in [6.07, 6.45) is 4.79. The summed E-state index contributed by atoms with van der Waals surface area (Å²) < 4.78 is 1.35. The van der Waals surface area contributed by atoms with Gasteiger partial charge in [-0.15, -0.1) is 5.10 Å². The van der Waals surface area contributed by atoms with Crippen LogP contribution < -0.4 is 5.56 Å². The fourth-order valence-corrected chi connectivity index (χ4v) is 5.52. The van der Waals surface area contributed by atoms with Crippen LogP contribution in [0.2, 0.25) is 0 Å².